The Kier molecular flexibility index (Phi) is 4.11. The van der Waals surface area contributed by atoms with Crippen LogP contribution < -0.4 is 4.74 Å². The first-order valence-corrected chi connectivity index (χ1v) is 5.73. The number of carbonyl (C=O) groups excluding carboxylic acids is 1. The molecule has 0 aliphatic rings. The van der Waals surface area contributed by atoms with Gasteiger partial charge in [-0.25, -0.2) is 0 Å². The zero-order valence-electron chi connectivity index (χ0n) is 11.0. The number of Topliss-reactive ketones (excluding diaryl/α,β-unsaturated/α-hetero) is 1. The Morgan fingerprint density at radius 3 is 2.18 bits per heavy atom. The molecular weight excluding hydrogens is 212 g/mol. The number of carbonyl (C=O) groups is 1. The molecule has 0 amide bonds. The van der Waals surface area contributed by atoms with Crippen LogP contribution in [0.15, 0.2) is 36.4 Å². The number of ether oxygens (including phenoxy) is 1. The van der Waals surface area contributed by atoms with Crippen molar-refractivity contribution in [2.45, 2.75) is 27.7 Å². The van der Waals surface area contributed by atoms with Crippen molar-refractivity contribution in [3.8, 4) is 5.75 Å². The van der Waals surface area contributed by atoms with Gasteiger partial charge in [-0.3, -0.25) is 4.79 Å². The highest BCUT2D eigenvalue weighted by atomic mass is 16.5. The summed E-state index contributed by atoms with van der Waals surface area (Å²) in [5.74, 6) is 0.905. The zero-order valence-corrected chi connectivity index (χ0v) is 11.0. The molecule has 0 bridgehead atoms. The van der Waals surface area contributed by atoms with E-state index in [0.717, 1.165) is 16.9 Å². The molecule has 17 heavy (non-hydrogen) atoms. The maximum Gasteiger partial charge on any atom is 0.168 e. The molecule has 1 aromatic rings. The molecule has 0 aliphatic heterocycles. The fraction of sp³-hybridized carbons (Fsp3) is 0.400. The van der Waals surface area contributed by atoms with Crippen LogP contribution in [0, 0.1) is 5.41 Å². The highest BCUT2D eigenvalue weighted by molar-refractivity contribution is 5.99. The topological polar surface area (TPSA) is 26.3 Å². The second-order valence-corrected chi connectivity index (χ2v) is 5.35. The van der Waals surface area contributed by atoms with Crippen LogP contribution in [0.5, 0.6) is 5.75 Å². The van der Waals surface area contributed by atoms with Crippen LogP contribution in [0.1, 0.15) is 38.1 Å². The van der Waals surface area contributed by atoms with E-state index in [1.165, 1.54) is 0 Å². The molecular formula is C15H20O2. The highest BCUT2D eigenvalue weighted by Gasteiger charge is 2.22. The van der Waals surface area contributed by atoms with Crippen molar-refractivity contribution in [2.24, 2.45) is 5.41 Å². The lowest BCUT2D eigenvalue weighted by Crippen LogP contribution is -2.19. The minimum Gasteiger partial charge on any atom is -0.489 e. The summed E-state index contributed by atoms with van der Waals surface area (Å²) < 4.78 is 5.48. The molecule has 0 aromatic heterocycles. The Bertz CT molecular complexity index is 408. The van der Waals surface area contributed by atoms with Crippen molar-refractivity contribution in [1.29, 1.82) is 0 Å². The monoisotopic (exact) mass is 232 g/mol. The molecule has 0 fully saturated rings. The maximum atomic E-state index is 12.0. The van der Waals surface area contributed by atoms with Crippen LogP contribution in [0.25, 0.3) is 0 Å². The maximum absolute atomic E-state index is 12.0. The van der Waals surface area contributed by atoms with Crippen LogP contribution in [0.3, 0.4) is 0 Å². The Morgan fingerprint density at radius 2 is 1.76 bits per heavy atom. The first kappa shape index (κ1) is 13.5. The van der Waals surface area contributed by atoms with Gasteiger partial charge in [-0.15, -0.1) is 0 Å². The molecule has 1 rings (SSSR count). The molecule has 0 atom stereocenters. The van der Waals surface area contributed by atoms with Gasteiger partial charge in [0.2, 0.25) is 0 Å². The molecule has 0 saturated carbocycles. The Hall–Kier alpha value is -1.57. The largest absolute Gasteiger partial charge is 0.489 e. The summed E-state index contributed by atoms with van der Waals surface area (Å²) in [6.07, 6.45) is 0. The molecule has 0 aliphatic carbocycles. The number of hydrogen-bond acceptors (Lipinski definition) is 2. The smallest absolute Gasteiger partial charge is 0.168 e. The van der Waals surface area contributed by atoms with Gasteiger partial charge in [0.05, 0.1) is 0 Å². The lowest BCUT2D eigenvalue weighted by molar-refractivity contribution is 0.0858. The normalized spacial score (nSPS) is 11.1. The van der Waals surface area contributed by atoms with E-state index in [1.54, 1.807) is 12.1 Å². The van der Waals surface area contributed by atoms with Gasteiger partial charge >= 0.3 is 0 Å². The average molecular weight is 232 g/mol. The Labute approximate surface area is 103 Å². The summed E-state index contributed by atoms with van der Waals surface area (Å²) >= 11 is 0. The van der Waals surface area contributed by atoms with Gasteiger partial charge in [0.15, 0.2) is 5.78 Å². The average Bonchev–Trinajstić information content (AvgIpc) is 2.25. The lowest BCUT2D eigenvalue weighted by Gasteiger charge is -2.16. The van der Waals surface area contributed by atoms with Gasteiger partial charge in [-0.05, 0) is 36.8 Å². The molecule has 2 heteroatoms. The van der Waals surface area contributed by atoms with E-state index in [4.69, 9.17) is 4.74 Å². The van der Waals surface area contributed by atoms with E-state index in [9.17, 15) is 4.79 Å². The summed E-state index contributed by atoms with van der Waals surface area (Å²) in [6, 6.07) is 7.26. The number of hydrogen-bond donors (Lipinski definition) is 0. The number of benzene rings is 1. The van der Waals surface area contributed by atoms with Crippen molar-refractivity contribution in [3.63, 3.8) is 0 Å². The van der Waals surface area contributed by atoms with E-state index in [2.05, 4.69) is 6.58 Å². The van der Waals surface area contributed by atoms with Crippen LogP contribution in [-0.4, -0.2) is 12.4 Å². The van der Waals surface area contributed by atoms with Crippen molar-refractivity contribution >= 4 is 5.78 Å². The van der Waals surface area contributed by atoms with Crippen LogP contribution in [-0.2, 0) is 0 Å². The molecule has 0 heterocycles. The molecule has 0 saturated heterocycles. The summed E-state index contributed by atoms with van der Waals surface area (Å²) in [6.45, 7) is 11.9. The summed E-state index contributed by atoms with van der Waals surface area (Å²) in [5, 5.41) is 0. The number of ketones is 1. The predicted molar refractivity (Wildman–Crippen MR) is 70.5 cm³/mol. The van der Waals surface area contributed by atoms with Crippen molar-refractivity contribution < 1.29 is 9.53 Å². The van der Waals surface area contributed by atoms with E-state index in [0.29, 0.717) is 6.61 Å². The predicted octanol–water partition coefficient (Wildman–Crippen LogP) is 3.87. The van der Waals surface area contributed by atoms with Crippen molar-refractivity contribution in [2.75, 3.05) is 6.61 Å². The molecule has 0 N–H and O–H groups in total. The fourth-order valence-corrected chi connectivity index (χ4v) is 1.34. The minimum absolute atomic E-state index is 0.143. The first-order valence-electron chi connectivity index (χ1n) is 5.73. The van der Waals surface area contributed by atoms with E-state index in [1.807, 2.05) is 39.8 Å². The van der Waals surface area contributed by atoms with Crippen LogP contribution >= 0.6 is 0 Å². The van der Waals surface area contributed by atoms with Gasteiger partial charge in [0.1, 0.15) is 12.4 Å². The summed E-state index contributed by atoms with van der Waals surface area (Å²) in [5.41, 5.74) is 1.35. The third-order valence-electron chi connectivity index (χ3n) is 2.28. The highest BCUT2D eigenvalue weighted by Crippen LogP contribution is 2.22. The molecule has 2 nitrogen and oxygen atoms in total. The zero-order chi connectivity index (χ0) is 13.1. The first-order chi connectivity index (χ1) is 7.80. The van der Waals surface area contributed by atoms with E-state index < -0.39 is 0 Å². The quantitative estimate of drug-likeness (QED) is 0.582. The Morgan fingerprint density at radius 1 is 1.24 bits per heavy atom. The molecule has 0 spiro atoms. The van der Waals surface area contributed by atoms with Crippen LogP contribution in [0.4, 0.5) is 0 Å². The van der Waals surface area contributed by atoms with Crippen molar-refractivity contribution in [3.05, 3.63) is 42.0 Å². The molecule has 1 aromatic carbocycles. The van der Waals surface area contributed by atoms with Gasteiger partial charge in [-0.2, -0.15) is 0 Å². The van der Waals surface area contributed by atoms with Gasteiger partial charge in [0, 0.05) is 11.0 Å². The second-order valence-electron chi connectivity index (χ2n) is 5.35. The third-order valence-corrected chi connectivity index (χ3v) is 2.28. The van der Waals surface area contributed by atoms with Gasteiger partial charge in [-0.1, -0.05) is 27.4 Å². The van der Waals surface area contributed by atoms with E-state index in [-0.39, 0.29) is 11.2 Å². The Balaban J connectivity index is 2.75. The minimum atomic E-state index is -0.347. The van der Waals surface area contributed by atoms with E-state index >= 15 is 0 Å². The third kappa shape index (κ3) is 4.06. The van der Waals surface area contributed by atoms with Crippen molar-refractivity contribution in [1.82, 2.24) is 0 Å². The summed E-state index contributed by atoms with van der Waals surface area (Å²) in [7, 11) is 0. The van der Waals surface area contributed by atoms with Crippen LogP contribution in [0.2, 0.25) is 0 Å². The molecule has 0 unspecified atom stereocenters. The fourth-order valence-electron chi connectivity index (χ4n) is 1.34. The molecule has 92 valence electrons. The summed E-state index contributed by atoms with van der Waals surface area (Å²) in [4.78, 5) is 12.0. The van der Waals surface area contributed by atoms with Gasteiger partial charge < -0.3 is 4.74 Å². The second kappa shape index (κ2) is 5.17. The standard InChI is InChI=1S/C15H20O2/c1-11(2)10-17-13-8-6-12(7-9-13)14(16)15(3,4)5/h6-9H,1,10H2,2-5H3. The molecule has 0 radical (unpaired) electrons. The van der Waals surface area contributed by atoms with Gasteiger partial charge in [0.25, 0.3) is 0 Å². The lowest BCUT2D eigenvalue weighted by atomic mass is 9.86. The number of rotatable bonds is 4. The SMILES string of the molecule is C=C(C)COc1ccc(C(=O)C(C)(C)C)cc1.